The molecule has 6 rings (SSSR count). The average Bonchev–Trinajstić information content (AvgIpc) is 3.64. The summed E-state index contributed by atoms with van der Waals surface area (Å²) in [6.07, 6.45) is 11.2. The second-order valence-electron chi connectivity index (χ2n) is 10.7. The van der Waals surface area contributed by atoms with Gasteiger partial charge in [-0.2, -0.15) is 5.10 Å². The van der Waals surface area contributed by atoms with Crippen LogP contribution in [-0.2, 0) is 10.3 Å². The molecule has 11 heteroatoms. The fourth-order valence-corrected chi connectivity index (χ4v) is 6.11. The number of hydrogen-bond donors (Lipinski definition) is 1. The number of amides is 1. The van der Waals surface area contributed by atoms with E-state index < -0.39 is 11.8 Å². The molecule has 4 aromatic heterocycles. The third-order valence-corrected chi connectivity index (χ3v) is 8.56. The number of carbonyl (C=O) groups is 2. The molecule has 2 aliphatic rings. The number of nitrogens with one attached hydrogen (secondary N) is 1. The lowest BCUT2D eigenvalue weighted by Gasteiger charge is -2.54. The Morgan fingerprint density at radius 1 is 1.15 bits per heavy atom. The molecule has 2 saturated heterocycles. The Labute approximate surface area is 231 Å². The highest BCUT2D eigenvalue weighted by molar-refractivity contribution is 6.06. The van der Waals surface area contributed by atoms with E-state index >= 15 is 0 Å². The molecule has 0 aliphatic carbocycles. The quantitative estimate of drug-likeness (QED) is 0.367. The number of esters is 1. The lowest BCUT2D eigenvalue weighted by Crippen LogP contribution is -2.66. The first-order valence-electron chi connectivity index (χ1n) is 13.6. The molecule has 40 heavy (non-hydrogen) atoms. The number of methoxy groups -OCH3 is 1. The van der Waals surface area contributed by atoms with Crippen LogP contribution in [0, 0.1) is 12.7 Å². The van der Waals surface area contributed by atoms with Gasteiger partial charge in [-0.3, -0.25) is 19.4 Å². The van der Waals surface area contributed by atoms with Gasteiger partial charge in [0, 0.05) is 73.5 Å². The van der Waals surface area contributed by atoms with Gasteiger partial charge in [-0.25, -0.2) is 14.2 Å². The van der Waals surface area contributed by atoms with Gasteiger partial charge in [-0.05, 0) is 38.3 Å². The van der Waals surface area contributed by atoms with Gasteiger partial charge >= 0.3 is 5.97 Å². The van der Waals surface area contributed by atoms with Gasteiger partial charge in [-0.15, -0.1) is 0 Å². The molecule has 1 amide bonds. The standard InChI is InChI=1S/C29H32FN7O3/c1-4-29(37-15-19(13-34-37)24-21-5-10-32-26(21)33-14-23(24)28(39)40-3)16-36(17-29)20-7-11-35(12-8-20)27(38)22-6-9-31-18(2)25(22)30/h5-6,9-10,13-15,20H,4,7-8,11-12,16-17H2,1-3H3,(H,32,33). The Balaban J connectivity index is 1.15. The van der Waals surface area contributed by atoms with Crippen LogP contribution in [0.15, 0.2) is 43.1 Å². The van der Waals surface area contributed by atoms with Gasteiger partial charge in [0.2, 0.25) is 0 Å². The van der Waals surface area contributed by atoms with E-state index in [1.54, 1.807) is 30.4 Å². The van der Waals surface area contributed by atoms with Crippen molar-refractivity contribution in [2.45, 2.75) is 44.7 Å². The number of hydrogen-bond acceptors (Lipinski definition) is 7. The van der Waals surface area contributed by atoms with Crippen molar-refractivity contribution in [1.29, 1.82) is 0 Å². The second kappa shape index (κ2) is 10.1. The van der Waals surface area contributed by atoms with E-state index in [9.17, 15) is 14.0 Å². The summed E-state index contributed by atoms with van der Waals surface area (Å²) >= 11 is 0. The first kappa shape index (κ1) is 26.1. The molecule has 0 spiro atoms. The van der Waals surface area contributed by atoms with Crippen molar-refractivity contribution in [2.75, 3.05) is 33.3 Å². The number of halogens is 1. The van der Waals surface area contributed by atoms with Crippen LogP contribution in [-0.4, -0.2) is 85.7 Å². The molecule has 10 nitrogen and oxygen atoms in total. The van der Waals surface area contributed by atoms with E-state index in [0.29, 0.717) is 30.3 Å². The molecule has 1 N–H and O–H groups in total. The van der Waals surface area contributed by atoms with E-state index in [1.165, 1.54) is 19.4 Å². The number of aromatic nitrogens is 5. The minimum absolute atomic E-state index is 0.0934. The zero-order valence-electron chi connectivity index (χ0n) is 22.9. The zero-order chi connectivity index (χ0) is 28.0. The number of carbonyl (C=O) groups excluding carboxylic acids is 2. The molecule has 0 bridgehead atoms. The molecular formula is C29H32FN7O3. The largest absolute Gasteiger partial charge is 0.465 e. The highest BCUT2D eigenvalue weighted by Crippen LogP contribution is 2.38. The van der Waals surface area contributed by atoms with Crippen molar-refractivity contribution in [3.05, 3.63) is 65.8 Å². The summed E-state index contributed by atoms with van der Waals surface area (Å²) in [5, 5.41) is 5.59. The highest BCUT2D eigenvalue weighted by atomic mass is 19.1. The molecule has 6 heterocycles. The summed E-state index contributed by atoms with van der Waals surface area (Å²) in [5.41, 5.74) is 2.87. The Hall–Kier alpha value is -4.12. The smallest absolute Gasteiger partial charge is 0.340 e. The summed E-state index contributed by atoms with van der Waals surface area (Å²) in [6.45, 7) is 6.62. The summed E-state index contributed by atoms with van der Waals surface area (Å²) in [4.78, 5) is 41.1. The molecule has 0 aromatic carbocycles. The number of pyridine rings is 2. The number of likely N-dealkylation sites (tertiary alicyclic amines) is 2. The van der Waals surface area contributed by atoms with Gasteiger partial charge in [0.05, 0.1) is 35.7 Å². The number of aryl methyl sites for hydroxylation is 1. The maximum absolute atomic E-state index is 14.5. The minimum atomic E-state index is -0.536. The summed E-state index contributed by atoms with van der Waals surface area (Å²) in [6, 6.07) is 3.72. The van der Waals surface area contributed by atoms with E-state index in [4.69, 9.17) is 9.84 Å². The van der Waals surface area contributed by atoms with E-state index in [1.807, 2.05) is 16.9 Å². The topological polar surface area (TPSA) is 109 Å². The highest BCUT2D eigenvalue weighted by Gasteiger charge is 2.47. The van der Waals surface area contributed by atoms with Crippen molar-refractivity contribution in [3.63, 3.8) is 0 Å². The predicted octanol–water partition coefficient (Wildman–Crippen LogP) is 3.78. The van der Waals surface area contributed by atoms with E-state index in [0.717, 1.165) is 48.9 Å². The van der Waals surface area contributed by atoms with Gasteiger partial charge in [-0.1, -0.05) is 6.92 Å². The Bertz CT molecular complexity index is 1580. The lowest BCUT2D eigenvalue weighted by molar-refractivity contribution is -0.0458. The monoisotopic (exact) mass is 545 g/mol. The molecule has 2 aliphatic heterocycles. The normalized spacial score (nSPS) is 17.6. The average molecular weight is 546 g/mol. The van der Waals surface area contributed by atoms with E-state index in [2.05, 4.69) is 26.8 Å². The van der Waals surface area contributed by atoms with Crippen LogP contribution in [0.3, 0.4) is 0 Å². The molecule has 0 saturated carbocycles. The zero-order valence-corrected chi connectivity index (χ0v) is 22.9. The molecule has 2 fully saturated rings. The van der Waals surface area contributed by atoms with Gasteiger partial charge in [0.15, 0.2) is 5.82 Å². The maximum Gasteiger partial charge on any atom is 0.340 e. The molecular weight excluding hydrogens is 513 g/mol. The fourth-order valence-electron chi connectivity index (χ4n) is 6.11. The Morgan fingerprint density at radius 3 is 2.65 bits per heavy atom. The van der Waals surface area contributed by atoms with Crippen LogP contribution in [0.1, 0.15) is 52.6 Å². The van der Waals surface area contributed by atoms with Crippen LogP contribution in [0.2, 0.25) is 0 Å². The fraction of sp³-hybridized carbons (Fsp3) is 0.414. The van der Waals surface area contributed by atoms with E-state index in [-0.39, 0.29) is 22.7 Å². The van der Waals surface area contributed by atoms with Gasteiger partial charge in [0.1, 0.15) is 5.65 Å². The number of aromatic amines is 1. The molecule has 0 atom stereocenters. The number of fused-ring (bicyclic) bond motifs is 1. The van der Waals surface area contributed by atoms with Crippen molar-refractivity contribution in [1.82, 2.24) is 34.5 Å². The SMILES string of the molecule is CCC1(n2cc(-c3c(C(=O)OC)cnc4[nH]ccc34)cn2)CN(C2CCN(C(=O)c3ccnc(C)c3F)CC2)C1. The summed E-state index contributed by atoms with van der Waals surface area (Å²) < 4.78 is 21.5. The summed E-state index contributed by atoms with van der Waals surface area (Å²) in [5.74, 6) is -1.24. The third kappa shape index (κ3) is 4.25. The number of piperidine rings is 1. The van der Waals surface area contributed by atoms with Crippen LogP contribution in [0.25, 0.3) is 22.2 Å². The van der Waals surface area contributed by atoms with Crippen molar-refractivity contribution in [2.24, 2.45) is 0 Å². The maximum atomic E-state index is 14.5. The van der Waals surface area contributed by atoms with Crippen molar-refractivity contribution in [3.8, 4) is 11.1 Å². The summed E-state index contributed by atoms with van der Waals surface area (Å²) in [7, 11) is 1.37. The lowest BCUT2D eigenvalue weighted by atomic mass is 9.84. The van der Waals surface area contributed by atoms with Gasteiger partial charge < -0.3 is 14.6 Å². The number of nitrogens with zero attached hydrogens (tertiary/aromatic N) is 6. The van der Waals surface area contributed by atoms with Crippen LogP contribution >= 0.6 is 0 Å². The number of rotatable bonds is 6. The molecule has 0 unspecified atom stereocenters. The first-order valence-corrected chi connectivity index (χ1v) is 13.6. The van der Waals surface area contributed by atoms with Crippen LogP contribution in [0.5, 0.6) is 0 Å². The van der Waals surface area contributed by atoms with Crippen LogP contribution < -0.4 is 0 Å². The Morgan fingerprint density at radius 2 is 1.93 bits per heavy atom. The van der Waals surface area contributed by atoms with Gasteiger partial charge in [0.25, 0.3) is 5.91 Å². The first-order chi connectivity index (χ1) is 19.3. The third-order valence-electron chi connectivity index (χ3n) is 8.56. The number of H-pyrrole nitrogens is 1. The van der Waals surface area contributed by atoms with Crippen molar-refractivity contribution < 1.29 is 18.7 Å². The number of ether oxygens (including phenoxy) is 1. The van der Waals surface area contributed by atoms with Crippen molar-refractivity contribution >= 4 is 22.9 Å². The Kier molecular flexibility index (Phi) is 6.61. The minimum Gasteiger partial charge on any atom is -0.465 e. The predicted molar refractivity (Wildman–Crippen MR) is 146 cm³/mol. The molecule has 0 radical (unpaired) electrons. The molecule has 208 valence electrons. The van der Waals surface area contributed by atoms with Crippen LogP contribution in [0.4, 0.5) is 4.39 Å². The molecule has 4 aromatic rings. The second-order valence-corrected chi connectivity index (χ2v) is 10.7.